The molecule has 1 aromatic carbocycles. The molecular weight excluding hydrogens is 391 g/mol. The van der Waals surface area contributed by atoms with E-state index < -0.39 is 17.7 Å². The van der Waals surface area contributed by atoms with Gasteiger partial charge in [0.15, 0.2) is 0 Å². The molecular formula is C26H37FN2O2. The number of carbonyl (C=O) groups is 1. The third-order valence-corrected chi connectivity index (χ3v) is 4.65. The number of aliphatic hydroxyl groups is 1. The van der Waals surface area contributed by atoms with Gasteiger partial charge in [-0.3, -0.25) is 4.79 Å². The largest absolute Gasteiger partial charge is 0.386 e. The summed E-state index contributed by atoms with van der Waals surface area (Å²) in [6.07, 6.45) is 5.05. The Hall–Kier alpha value is -2.84. The average molecular weight is 429 g/mol. The second-order valence-electron chi connectivity index (χ2n) is 7.76. The fourth-order valence-electron chi connectivity index (χ4n) is 2.51. The summed E-state index contributed by atoms with van der Waals surface area (Å²) in [4.78, 5) is 12.8. The lowest BCUT2D eigenvalue weighted by atomic mass is 9.96. The van der Waals surface area contributed by atoms with E-state index in [1.54, 1.807) is 46.8 Å². The summed E-state index contributed by atoms with van der Waals surface area (Å²) in [5.41, 5.74) is 1.87. The lowest BCUT2D eigenvalue weighted by molar-refractivity contribution is -0.126. The lowest BCUT2D eigenvalue weighted by Gasteiger charge is -2.24. The Bertz CT molecular complexity index is 835. The highest BCUT2D eigenvalue weighted by Gasteiger charge is 2.24. The molecule has 0 fully saturated rings. The van der Waals surface area contributed by atoms with Gasteiger partial charge in [-0.2, -0.15) is 0 Å². The van der Waals surface area contributed by atoms with Crippen molar-refractivity contribution in [1.82, 2.24) is 10.2 Å². The van der Waals surface area contributed by atoms with Crippen LogP contribution in [0.5, 0.6) is 0 Å². The highest BCUT2D eigenvalue weighted by Crippen LogP contribution is 2.26. The second kappa shape index (κ2) is 13.5. The van der Waals surface area contributed by atoms with Crippen LogP contribution in [0.15, 0.2) is 54.8 Å². The summed E-state index contributed by atoms with van der Waals surface area (Å²) < 4.78 is 13.8. The fourth-order valence-corrected chi connectivity index (χ4v) is 2.51. The van der Waals surface area contributed by atoms with Gasteiger partial charge < -0.3 is 15.3 Å². The summed E-state index contributed by atoms with van der Waals surface area (Å²) in [6.45, 7) is 12.2. The SMILES string of the molecule is C=C(C(O)C(C)C(=O)NC)N(C)C.CC#C/C(=C\C=C/C)c1ccc(C(C)(C)F)cc1. The van der Waals surface area contributed by atoms with Crippen LogP contribution < -0.4 is 5.32 Å². The summed E-state index contributed by atoms with van der Waals surface area (Å²) in [5.74, 6) is 5.29. The summed E-state index contributed by atoms with van der Waals surface area (Å²) >= 11 is 0. The maximum Gasteiger partial charge on any atom is 0.225 e. The Morgan fingerprint density at radius 3 is 2.23 bits per heavy atom. The summed E-state index contributed by atoms with van der Waals surface area (Å²) in [7, 11) is 5.11. The van der Waals surface area contributed by atoms with Crippen molar-refractivity contribution >= 4 is 11.5 Å². The molecule has 2 N–H and O–H groups in total. The molecule has 5 heteroatoms. The third-order valence-electron chi connectivity index (χ3n) is 4.65. The quantitative estimate of drug-likeness (QED) is 0.490. The molecule has 0 aliphatic rings. The molecule has 0 radical (unpaired) electrons. The van der Waals surface area contributed by atoms with Gasteiger partial charge in [0.25, 0.3) is 0 Å². The number of hydrogen-bond acceptors (Lipinski definition) is 3. The molecule has 0 saturated heterocycles. The van der Waals surface area contributed by atoms with Crippen molar-refractivity contribution in [3.05, 3.63) is 65.9 Å². The number of likely N-dealkylation sites (N-methyl/N-ethyl adjacent to an activating group) is 1. The Morgan fingerprint density at radius 2 is 1.84 bits per heavy atom. The van der Waals surface area contributed by atoms with Gasteiger partial charge >= 0.3 is 0 Å². The number of allylic oxidation sites excluding steroid dienone is 4. The van der Waals surface area contributed by atoms with Gasteiger partial charge in [-0.05, 0) is 44.9 Å². The maximum atomic E-state index is 13.8. The van der Waals surface area contributed by atoms with Crippen LogP contribution >= 0.6 is 0 Å². The van der Waals surface area contributed by atoms with Crippen LogP contribution in [0.4, 0.5) is 4.39 Å². The van der Waals surface area contributed by atoms with Gasteiger partial charge in [-0.15, -0.1) is 5.92 Å². The molecule has 0 heterocycles. The van der Waals surface area contributed by atoms with Crippen LogP contribution in [0.3, 0.4) is 0 Å². The first-order chi connectivity index (χ1) is 14.4. The van der Waals surface area contributed by atoms with Crippen LogP contribution in [0.1, 0.15) is 45.7 Å². The predicted molar refractivity (Wildman–Crippen MR) is 129 cm³/mol. The molecule has 1 rings (SSSR count). The zero-order chi connectivity index (χ0) is 24.2. The van der Waals surface area contributed by atoms with Crippen molar-refractivity contribution in [1.29, 1.82) is 0 Å². The first-order valence-electron chi connectivity index (χ1n) is 10.2. The fraction of sp³-hybridized carbons (Fsp3) is 0.423. The number of alkyl halides is 1. The molecule has 31 heavy (non-hydrogen) atoms. The highest BCUT2D eigenvalue weighted by atomic mass is 19.1. The van der Waals surface area contributed by atoms with Crippen LogP contribution in [0, 0.1) is 17.8 Å². The van der Waals surface area contributed by atoms with Crippen molar-refractivity contribution in [3.63, 3.8) is 0 Å². The average Bonchev–Trinajstić information content (AvgIpc) is 2.74. The molecule has 0 aliphatic carbocycles. The van der Waals surface area contributed by atoms with Gasteiger partial charge in [-0.1, -0.05) is 55.8 Å². The first-order valence-corrected chi connectivity index (χ1v) is 10.2. The van der Waals surface area contributed by atoms with Crippen LogP contribution in [-0.2, 0) is 10.5 Å². The third kappa shape index (κ3) is 9.67. The molecule has 170 valence electrons. The zero-order valence-corrected chi connectivity index (χ0v) is 20.1. The number of nitrogens with zero attached hydrogens (tertiary/aromatic N) is 1. The maximum absolute atomic E-state index is 13.8. The number of aliphatic hydroxyl groups excluding tert-OH is 1. The minimum Gasteiger partial charge on any atom is -0.386 e. The van der Waals surface area contributed by atoms with E-state index in [1.807, 2.05) is 56.3 Å². The number of nitrogens with one attached hydrogen (secondary N) is 1. The Balaban J connectivity index is 0.000000615. The van der Waals surface area contributed by atoms with Crippen molar-refractivity contribution < 1.29 is 14.3 Å². The second-order valence-corrected chi connectivity index (χ2v) is 7.76. The van der Waals surface area contributed by atoms with Gasteiger partial charge in [-0.25, -0.2) is 4.39 Å². The molecule has 1 aromatic rings. The predicted octanol–water partition coefficient (Wildman–Crippen LogP) is 4.68. The standard InChI is InChI=1S/C17H19F.C9H18N2O2/c1-5-7-9-14(8-6-2)15-10-12-16(13-11-15)17(3,4)18;1-6(9(13)10-3)8(12)7(2)11(4)5/h5,7,9-13H,1-4H3;6,8,12H,2H2,1,3-5H3,(H,10,13)/b7-5-,14-9+;. The molecule has 2 unspecified atom stereocenters. The smallest absolute Gasteiger partial charge is 0.225 e. The normalized spacial score (nSPS) is 13.3. The van der Waals surface area contributed by atoms with Gasteiger partial charge in [0, 0.05) is 32.4 Å². The van der Waals surface area contributed by atoms with E-state index >= 15 is 0 Å². The zero-order valence-electron chi connectivity index (χ0n) is 20.1. The molecule has 0 aliphatic heterocycles. The van der Waals surface area contributed by atoms with E-state index in [0.717, 1.165) is 11.1 Å². The Kier molecular flexibility index (Phi) is 12.2. The summed E-state index contributed by atoms with van der Waals surface area (Å²) in [5, 5.41) is 12.1. The number of halogens is 1. The lowest BCUT2D eigenvalue weighted by Crippen LogP contribution is -2.37. The van der Waals surface area contributed by atoms with E-state index in [-0.39, 0.29) is 5.91 Å². The Labute approximate surface area is 187 Å². The van der Waals surface area contributed by atoms with E-state index in [1.165, 1.54) is 0 Å². The van der Waals surface area contributed by atoms with Crippen LogP contribution in [-0.4, -0.2) is 43.2 Å². The molecule has 2 atom stereocenters. The van der Waals surface area contributed by atoms with E-state index in [9.17, 15) is 14.3 Å². The number of rotatable bonds is 7. The van der Waals surface area contributed by atoms with Crippen molar-refractivity contribution in [2.24, 2.45) is 5.92 Å². The number of carbonyl (C=O) groups excluding carboxylic acids is 1. The summed E-state index contributed by atoms with van der Waals surface area (Å²) in [6, 6.07) is 7.46. The van der Waals surface area contributed by atoms with Crippen LogP contribution in [0.2, 0.25) is 0 Å². The van der Waals surface area contributed by atoms with Crippen molar-refractivity contribution in [2.75, 3.05) is 21.1 Å². The van der Waals surface area contributed by atoms with Crippen molar-refractivity contribution in [2.45, 2.75) is 46.4 Å². The molecule has 0 saturated carbocycles. The molecule has 0 bridgehead atoms. The van der Waals surface area contributed by atoms with E-state index in [4.69, 9.17) is 0 Å². The van der Waals surface area contributed by atoms with E-state index in [2.05, 4.69) is 23.7 Å². The molecule has 1 amide bonds. The highest BCUT2D eigenvalue weighted by molar-refractivity contribution is 5.80. The monoisotopic (exact) mass is 428 g/mol. The number of benzene rings is 1. The Morgan fingerprint density at radius 1 is 1.29 bits per heavy atom. The number of amides is 1. The molecule has 0 aromatic heterocycles. The van der Waals surface area contributed by atoms with Crippen LogP contribution in [0.25, 0.3) is 5.57 Å². The molecule has 0 spiro atoms. The minimum atomic E-state index is -1.30. The van der Waals surface area contributed by atoms with Gasteiger partial charge in [0.05, 0.1) is 5.92 Å². The van der Waals surface area contributed by atoms with Gasteiger partial charge in [0.1, 0.15) is 11.8 Å². The van der Waals surface area contributed by atoms with Gasteiger partial charge in [0.2, 0.25) is 5.91 Å². The van der Waals surface area contributed by atoms with E-state index in [0.29, 0.717) is 11.3 Å². The topological polar surface area (TPSA) is 52.6 Å². The van der Waals surface area contributed by atoms with Crippen molar-refractivity contribution in [3.8, 4) is 11.8 Å². The number of hydrogen-bond donors (Lipinski definition) is 2. The molecule has 4 nitrogen and oxygen atoms in total. The minimum absolute atomic E-state index is 0.185. The first kappa shape index (κ1) is 28.2.